The van der Waals surface area contributed by atoms with Gasteiger partial charge in [-0.3, -0.25) is 6.08 Å². The second-order valence-corrected chi connectivity index (χ2v) is 6.48. The van der Waals surface area contributed by atoms with Crippen LogP contribution in [0.3, 0.4) is 0 Å². The van der Waals surface area contributed by atoms with Crippen LogP contribution in [0.15, 0.2) is 90.1 Å². The molecular formula is C24H21F2NZr. The van der Waals surface area contributed by atoms with Gasteiger partial charge in [0.2, 0.25) is 0 Å². The van der Waals surface area contributed by atoms with Crippen molar-refractivity contribution >= 4 is 21.7 Å². The molecule has 1 heterocycles. The number of benzene rings is 2. The Bertz CT molecular complexity index is 1050. The molecule has 3 aromatic carbocycles. The van der Waals surface area contributed by atoms with E-state index in [1.54, 1.807) is 0 Å². The summed E-state index contributed by atoms with van der Waals surface area (Å²) in [6, 6.07) is 23.6. The summed E-state index contributed by atoms with van der Waals surface area (Å²) in [7, 11) is 0. The van der Waals surface area contributed by atoms with Crippen molar-refractivity contribution in [2.24, 2.45) is 0 Å². The van der Waals surface area contributed by atoms with Crippen LogP contribution in [-0.4, -0.2) is 4.57 Å². The first-order valence-corrected chi connectivity index (χ1v) is 8.69. The van der Waals surface area contributed by atoms with E-state index in [0.29, 0.717) is 0 Å². The van der Waals surface area contributed by atoms with Gasteiger partial charge in [-0.05, 0) is 23.2 Å². The van der Waals surface area contributed by atoms with Crippen LogP contribution in [-0.2, 0) is 26.2 Å². The Hall–Kier alpha value is -2.19. The van der Waals surface area contributed by atoms with E-state index in [-0.39, 0.29) is 35.6 Å². The van der Waals surface area contributed by atoms with Gasteiger partial charge in [0.25, 0.3) is 0 Å². The molecule has 28 heavy (non-hydrogen) atoms. The van der Waals surface area contributed by atoms with Gasteiger partial charge in [0.05, 0.1) is 5.52 Å². The fraction of sp³-hybridized carbons (Fsp3) is 0.125. The molecule has 0 atom stereocenters. The number of allylic oxidation sites excluding steroid dienone is 4. The van der Waals surface area contributed by atoms with Crippen molar-refractivity contribution in [3.63, 3.8) is 0 Å². The fourth-order valence-corrected chi connectivity index (χ4v) is 3.23. The van der Waals surface area contributed by atoms with Crippen LogP contribution in [0.25, 0.3) is 27.4 Å². The van der Waals surface area contributed by atoms with Gasteiger partial charge in [0.1, 0.15) is 0 Å². The Labute approximate surface area is 183 Å². The van der Waals surface area contributed by atoms with E-state index in [0.717, 1.165) is 6.42 Å². The molecule has 1 aromatic heterocycles. The minimum Gasteiger partial charge on any atom is -1.00 e. The third-order valence-corrected chi connectivity index (χ3v) is 4.85. The Morgan fingerprint density at radius 1 is 0.893 bits per heavy atom. The Morgan fingerprint density at radius 2 is 1.57 bits per heavy atom. The maximum atomic E-state index is 3.19. The zero-order valence-corrected chi connectivity index (χ0v) is 18.4. The van der Waals surface area contributed by atoms with Gasteiger partial charge in [-0.25, -0.2) is 11.1 Å². The van der Waals surface area contributed by atoms with Crippen molar-refractivity contribution in [3.8, 4) is 5.69 Å². The SMILES string of the molecule is CC1=[C-]CC=C1C.[F-].[F-].[Zr+4].c1ccc2[cH-]c(-n3ccc4ccccc43)cc2c1. The molecule has 5 rings (SSSR count). The normalized spacial score (nSPS) is 12.1. The number of rotatable bonds is 1. The maximum Gasteiger partial charge on any atom is 4.00 e. The van der Waals surface area contributed by atoms with Crippen LogP contribution in [0.2, 0.25) is 0 Å². The number of nitrogens with zero attached hydrogens (tertiary/aromatic N) is 1. The monoisotopic (exact) mass is 451 g/mol. The Kier molecular flexibility index (Phi) is 8.84. The minimum absolute atomic E-state index is 0. The van der Waals surface area contributed by atoms with Crippen molar-refractivity contribution < 1.29 is 35.6 Å². The van der Waals surface area contributed by atoms with Gasteiger partial charge in [-0.1, -0.05) is 31.2 Å². The molecule has 0 N–H and O–H groups in total. The smallest absolute Gasteiger partial charge is 1.00 e. The molecule has 0 aliphatic heterocycles. The minimum atomic E-state index is 0. The second kappa shape index (κ2) is 10.4. The van der Waals surface area contributed by atoms with Gasteiger partial charge in [-0.15, -0.1) is 54.4 Å². The van der Waals surface area contributed by atoms with Crippen molar-refractivity contribution in [2.45, 2.75) is 20.3 Å². The molecule has 0 unspecified atom stereocenters. The molecule has 0 fully saturated rings. The molecular weight excluding hydrogens is 431 g/mol. The number of para-hydroxylation sites is 1. The predicted molar refractivity (Wildman–Crippen MR) is 107 cm³/mol. The standard InChI is InChI=1S/C17H12N.C7H9.2FH.Zr/c1-2-7-15-12-16(11-14(15)6-1)18-10-9-13-5-3-4-8-17(13)18;1-6-4-3-5-7(6)2;;;/h1-12H;4H,3H2,1-2H3;2*1H;/q2*-1;;;+4/p-2. The van der Waals surface area contributed by atoms with Crippen molar-refractivity contribution in [2.75, 3.05) is 0 Å². The molecule has 0 radical (unpaired) electrons. The average molecular weight is 453 g/mol. The third kappa shape index (κ3) is 4.80. The molecule has 0 amide bonds. The summed E-state index contributed by atoms with van der Waals surface area (Å²) in [5.41, 5.74) is 5.20. The zero-order chi connectivity index (χ0) is 17.2. The van der Waals surface area contributed by atoms with Crippen molar-refractivity contribution in [1.29, 1.82) is 0 Å². The van der Waals surface area contributed by atoms with Crippen molar-refractivity contribution in [3.05, 3.63) is 96.2 Å². The molecule has 0 bridgehead atoms. The molecule has 140 valence electrons. The molecule has 0 saturated heterocycles. The molecule has 0 saturated carbocycles. The fourth-order valence-electron chi connectivity index (χ4n) is 3.23. The summed E-state index contributed by atoms with van der Waals surface area (Å²) in [6.45, 7) is 4.22. The molecule has 0 spiro atoms. The number of aromatic nitrogens is 1. The molecule has 1 aliphatic carbocycles. The first-order chi connectivity index (χ1) is 12.2. The van der Waals surface area contributed by atoms with E-state index >= 15 is 0 Å². The molecule has 1 aliphatic rings. The first kappa shape index (κ1) is 23.9. The summed E-state index contributed by atoms with van der Waals surface area (Å²) in [5, 5.41) is 3.87. The maximum absolute atomic E-state index is 3.19. The Morgan fingerprint density at radius 3 is 2.18 bits per heavy atom. The molecule has 4 heteroatoms. The third-order valence-electron chi connectivity index (χ3n) is 4.85. The summed E-state index contributed by atoms with van der Waals surface area (Å²) in [4.78, 5) is 0. The zero-order valence-electron chi connectivity index (χ0n) is 15.9. The largest absolute Gasteiger partial charge is 4.00 e. The van der Waals surface area contributed by atoms with E-state index in [2.05, 4.69) is 103 Å². The second-order valence-electron chi connectivity index (χ2n) is 6.48. The summed E-state index contributed by atoms with van der Waals surface area (Å²) < 4.78 is 2.25. The van der Waals surface area contributed by atoms with E-state index in [1.165, 1.54) is 38.5 Å². The van der Waals surface area contributed by atoms with Crippen molar-refractivity contribution in [1.82, 2.24) is 4.57 Å². The quantitative estimate of drug-likeness (QED) is 0.373. The van der Waals surface area contributed by atoms with Crippen LogP contribution < -0.4 is 9.41 Å². The van der Waals surface area contributed by atoms with Crippen LogP contribution in [0.4, 0.5) is 0 Å². The van der Waals surface area contributed by atoms with E-state index < -0.39 is 0 Å². The van der Waals surface area contributed by atoms with Crippen LogP contribution >= 0.6 is 0 Å². The molecule has 4 aromatic rings. The predicted octanol–water partition coefficient (Wildman–Crippen LogP) is 0.594. The van der Waals surface area contributed by atoms with E-state index in [4.69, 9.17) is 0 Å². The van der Waals surface area contributed by atoms with Gasteiger partial charge < -0.3 is 14.0 Å². The van der Waals surface area contributed by atoms with Gasteiger partial charge in [0.15, 0.2) is 0 Å². The number of hydrogen-bond acceptors (Lipinski definition) is 0. The first-order valence-electron chi connectivity index (χ1n) is 8.69. The van der Waals surface area contributed by atoms with E-state index in [1.807, 2.05) is 0 Å². The topological polar surface area (TPSA) is 4.93 Å². The average Bonchev–Trinajstić information content (AvgIpc) is 3.34. The summed E-state index contributed by atoms with van der Waals surface area (Å²) in [5.74, 6) is 0. The molecule has 1 nitrogen and oxygen atoms in total. The number of fused-ring (bicyclic) bond motifs is 2. The Balaban J connectivity index is 0.000000341. The van der Waals surface area contributed by atoms with Crippen LogP contribution in [0.1, 0.15) is 20.3 Å². The van der Waals surface area contributed by atoms with Gasteiger partial charge in [-0.2, -0.15) is 6.08 Å². The van der Waals surface area contributed by atoms with Gasteiger partial charge >= 0.3 is 26.2 Å². The van der Waals surface area contributed by atoms with E-state index in [9.17, 15) is 0 Å². The van der Waals surface area contributed by atoms with Gasteiger partial charge in [0, 0.05) is 6.20 Å². The summed E-state index contributed by atoms with van der Waals surface area (Å²) in [6.07, 6.45) is 8.55. The summed E-state index contributed by atoms with van der Waals surface area (Å²) >= 11 is 0. The van der Waals surface area contributed by atoms with Crippen LogP contribution in [0, 0.1) is 6.08 Å². The van der Waals surface area contributed by atoms with Crippen LogP contribution in [0.5, 0.6) is 0 Å². The number of hydrogen-bond donors (Lipinski definition) is 0. The number of halogens is 2.